The van der Waals surface area contributed by atoms with Crippen molar-refractivity contribution in [3.05, 3.63) is 95.6 Å². The maximum atomic E-state index is 13.0. The average Bonchev–Trinajstić information content (AvgIpc) is 2.77. The van der Waals surface area contributed by atoms with E-state index >= 15 is 0 Å². The van der Waals surface area contributed by atoms with Crippen LogP contribution in [0, 0.1) is 0 Å². The molecule has 0 saturated heterocycles. The van der Waals surface area contributed by atoms with Crippen molar-refractivity contribution in [2.75, 3.05) is 19.0 Å². The van der Waals surface area contributed by atoms with E-state index in [0.29, 0.717) is 13.0 Å². The maximum absolute atomic E-state index is 13.0. The van der Waals surface area contributed by atoms with Gasteiger partial charge in [0.25, 0.3) is 0 Å². The van der Waals surface area contributed by atoms with E-state index in [1.54, 1.807) is 19.2 Å². The Morgan fingerprint density at radius 2 is 1.68 bits per heavy atom. The lowest BCUT2D eigenvalue weighted by molar-refractivity contribution is -0.137. The topological polar surface area (TPSA) is 50.4 Å². The molecule has 0 aliphatic carbocycles. The number of nitrogens with one attached hydrogen (secondary N) is 2. The van der Waals surface area contributed by atoms with Crippen LogP contribution in [-0.2, 0) is 17.4 Å². The van der Waals surface area contributed by atoms with Crippen molar-refractivity contribution in [3.8, 4) is 5.75 Å². The minimum atomic E-state index is -4.48. The highest BCUT2D eigenvalue weighted by Crippen LogP contribution is 2.31. The third kappa shape index (κ3) is 6.33. The molecular weight excluding hydrogens is 405 g/mol. The molecule has 0 saturated carbocycles. The summed E-state index contributed by atoms with van der Waals surface area (Å²) in [7, 11) is 1.60. The molecule has 0 aliphatic rings. The molecule has 0 bridgehead atoms. The van der Waals surface area contributed by atoms with Gasteiger partial charge in [-0.3, -0.25) is 4.79 Å². The third-order valence-corrected chi connectivity index (χ3v) is 4.77. The zero-order valence-electron chi connectivity index (χ0n) is 16.9. The number of carbonyl (C=O) groups excluding carboxylic acids is 1. The molecule has 4 nitrogen and oxygen atoms in total. The first-order valence-electron chi connectivity index (χ1n) is 9.76. The number of amides is 1. The quantitative estimate of drug-likeness (QED) is 0.517. The zero-order valence-corrected chi connectivity index (χ0v) is 16.9. The Labute approximate surface area is 179 Å². The number of anilines is 1. The van der Waals surface area contributed by atoms with E-state index in [2.05, 4.69) is 10.6 Å². The lowest BCUT2D eigenvalue weighted by atomic mass is 10.0. The van der Waals surface area contributed by atoms with E-state index in [0.717, 1.165) is 29.0 Å². The Morgan fingerprint density at radius 1 is 0.968 bits per heavy atom. The summed E-state index contributed by atoms with van der Waals surface area (Å²) in [5.74, 6) is 0.333. The Hall–Kier alpha value is -3.32. The average molecular weight is 428 g/mol. The molecule has 3 aromatic rings. The van der Waals surface area contributed by atoms with Crippen LogP contribution in [0.2, 0.25) is 0 Å². The van der Waals surface area contributed by atoms with Crippen LogP contribution in [0.3, 0.4) is 0 Å². The van der Waals surface area contributed by atoms with Crippen LogP contribution in [-0.4, -0.2) is 19.6 Å². The lowest BCUT2D eigenvalue weighted by Crippen LogP contribution is -2.34. The predicted molar refractivity (Wildman–Crippen MR) is 114 cm³/mol. The van der Waals surface area contributed by atoms with Crippen LogP contribution in [0.25, 0.3) is 0 Å². The number of carbonyl (C=O) groups is 1. The second-order valence-electron chi connectivity index (χ2n) is 6.96. The zero-order chi connectivity index (χ0) is 22.3. The maximum Gasteiger partial charge on any atom is 0.416 e. The van der Waals surface area contributed by atoms with E-state index in [1.807, 2.05) is 42.5 Å². The van der Waals surface area contributed by atoms with Gasteiger partial charge in [0.2, 0.25) is 5.91 Å². The second kappa shape index (κ2) is 10.1. The van der Waals surface area contributed by atoms with Crippen LogP contribution in [0.5, 0.6) is 5.75 Å². The van der Waals surface area contributed by atoms with E-state index in [1.165, 1.54) is 12.1 Å². The first kappa shape index (κ1) is 22.4. The van der Waals surface area contributed by atoms with Crippen LogP contribution in [0.4, 0.5) is 18.9 Å². The Balaban J connectivity index is 1.70. The molecule has 0 aliphatic heterocycles. The molecule has 0 aromatic heterocycles. The number of halogens is 3. The molecule has 1 atom stereocenters. The molecule has 3 rings (SSSR count). The number of methoxy groups -OCH3 is 1. The highest BCUT2D eigenvalue weighted by molar-refractivity contribution is 5.95. The lowest BCUT2D eigenvalue weighted by Gasteiger charge is -2.19. The van der Waals surface area contributed by atoms with E-state index in [9.17, 15) is 18.0 Å². The fourth-order valence-electron chi connectivity index (χ4n) is 3.15. The van der Waals surface area contributed by atoms with Crippen LogP contribution < -0.4 is 15.4 Å². The van der Waals surface area contributed by atoms with Gasteiger partial charge in [-0.15, -0.1) is 0 Å². The van der Waals surface area contributed by atoms with Crippen LogP contribution in [0.15, 0.2) is 78.9 Å². The SMILES string of the molecule is COc1ccc(CCN[C@@H](C(=O)Nc2cccc(C(F)(F)F)c2)c2ccccc2)cc1. The summed E-state index contributed by atoms with van der Waals surface area (Å²) >= 11 is 0. The number of hydrogen-bond acceptors (Lipinski definition) is 3. The number of hydrogen-bond donors (Lipinski definition) is 2. The molecule has 2 N–H and O–H groups in total. The molecule has 1 amide bonds. The molecule has 0 heterocycles. The van der Waals surface area contributed by atoms with Crippen molar-refractivity contribution >= 4 is 11.6 Å². The van der Waals surface area contributed by atoms with Gasteiger partial charge in [0.1, 0.15) is 11.8 Å². The largest absolute Gasteiger partial charge is 0.497 e. The summed E-state index contributed by atoms with van der Waals surface area (Å²) in [6, 6.07) is 20.6. The van der Waals surface area contributed by atoms with Gasteiger partial charge in [0.15, 0.2) is 0 Å². The predicted octanol–water partition coefficient (Wildman–Crippen LogP) is 5.23. The van der Waals surface area contributed by atoms with Crippen molar-refractivity contribution in [1.82, 2.24) is 5.32 Å². The van der Waals surface area contributed by atoms with Gasteiger partial charge in [-0.25, -0.2) is 0 Å². The summed E-state index contributed by atoms with van der Waals surface area (Å²) in [5.41, 5.74) is 1.08. The Bertz CT molecular complexity index is 990. The standard InChI is InChI=1S/C24H23F3N2O2/c1-31-21-12-10-17(11-13-21)14-15-28-22(18-6-3-2-4-7-18)23(30)29-20-9-5-8-19(16-20)24(25,26)27/h2-13,16,22,28H,14-15H2,1H3,(H,29,30)/t22-/m1/s1. The van der Waals surface area contributed by atoms with Crippen molar-refractivity contribution in [1.29, 1.82) is 0 Å². The van der Waals surface area contributed by atoms with Crippen LogP contribution >= 0.6 is 0 Å². The minimum Gasteiger partial charge on any atom is -0.497 e. The molecule has 0 radical (unpaired) electrons. The molecule has 0 fully saturated rings. The Morgan fingerprint density at radius 3 is 2.32 bits per heavy atom. The molecule has 3 aromatic carbocycles. The number of ether oxygens (including phenoxy) is 1. The van der Waals surface area contributed by atoms with Crippen molar-refractivity contribution in [2.45, 2.75) is 18.6 Å². The first-order valence-corrected chi connectivity index (χ1v) is 9.76. The van der Waals surface area contributed by atoms with Gasteiger partial charge >= 0.3 is 6.18 Å². The fraction of sp³-hybridized carbons (Fsp3) is 0.208. The van der Waals surface area contributed by atoms with E-state index < -0.39 is 23.7 Å². The first-order chi connectivity index (χ1) is 14.9. The highest BCUT2D eigenvalue weighted by Gasteiger charge is 2.30. The van der Waals surface area contributed by atoms with E-state index in [4.69, 9.17) is 4.74 Å². The summed E-state index contributed by atoms with van der Waals surface area (Å²) in [4.78, 5) is 12.9. The molecule has 7 heteroatoms. The smallest absolute Gasteiger partial charge is 0.416 e. The highest BCUT2D eigenvalue weighted by atomic mass is 19.4. The normalized spacial score (nSPS) is 12.3. The number of benzene rings is 3. The summed E-state index contributed by atoms with van der Waals surface area (Å²) in [6.07, 6.45) is -3.81. The van der Waals surface area contributed by atoms with Crippen molar-refractivity contribution in [3.63, 3.8) is 0 Å². The summed E-state index contributed by atoms with van der Waals surface area (Å²) in [5, 5.41) is 5.81. The minimum absolute atomic E-state index is 0.0951. The molecule has 0 unspecified atom stereocenters. The van der Waals surface area contributed by atoms with Gasteiger partial charge in [0.05, 0.1) is 12.7 Å². The van der Waals surface area contributed by atoms with Gasteiger partial charge in [-0.05, 0) is 47.9 Å². The number of rotatable bonds is 8. The fourth-order valence-corrected chi connectivity index (χ4v) is 3.15. The van der Waals surface area contributed by atoms with Crippen molar-refractivity contribution in [2.24, 2.45) is 0 Å². The molecule has 0 spiro atoms. The Kier molecular flexibility index (Phi) is 7.31. The van der Waals surface area contributed by atoms with E-state index in [-0.39, 0.29) is 5.69 Å². The second-order valence-corrected chi connectivity index (χ2v) is 6.96. The van der Waals surface area contributed by atoms with Crippen molar-refractivity contribution < 1.29 is 22.7 Å². The summed E-state index contributed by atoms with van der Waals surface area (Å²) in [6.45, 7) is 0.502. The van der Waals surface area contributed by atoms with Gasteiger partial charge in [0, 0.05) is 12.2 Å². The van der Waals surface area contributed by atoms with Gasteiger partial charge < -0.3 is 15.4 Å². The molecule has 31 heavy (non-hydrogen) atoms. The van der Waals surface area contributed by atoms with Crippen LogP contribution in [0.1, 0.15) is 22.7 Å². The molecule has 162 valence electrons. The van der Waals surface area contributed by atoms with Gasteiger partial charge in [-0.2, -0.15) is 13.2 Å². The number of alkyl halides is 3. The molecular formula is C24H23F3N2O2. The third-order valence-electron chi connectivity index (χ3n) is 4.77. The summed E-state index contributed by atoms with van der Waals surface area (Å²) < 4.78 is 44.1. The monoisotopic (exact) mass is 428 g/mol. The van der Waals surface area contributed by atoms with Gasteiger partial charge in [-0.1, -0.05) is 48.5 Å².